The molecule has 0 aromatic carbocycles. The Labute approximate surface area is 50.4 Å². The van der Waals surface area contributed by atoms with Crippen LogP contribution in [0.25, 0.3) is 0 Å². The highest BCUT2D eigenvalue weighted by atomic mass is 31.0. The molecule has 0 bridgehead atoms. The third kappa shape index (κ3) is 1.07. The molecule has 1 atom stereocenters. The summed E-state index contributed by atoms with van der Waals surface area (Å²) in [5.74, 6) is 2.45. The van der Waals surface area contributed by atoms with Crippen molar-refractivity contribution in [1.29, 1.82) is 0 Å². The highest BCUT2D eigenvalue weighted by molar-refractivity contribution is 7.29. The second-order valence-corrected chi connectivity index (χ2v) is 3.09. The molecule has 0 saturated carbocycles. The zero-order chi connectivity index (χ0) is 5.98. The van der Waals surface area contributed by atoms with Crippen LogP contribution in [0.5, 0.6) is 0 Å². The molecular weight excluding hydrogens is 119 g/mol. The van der Waals surface area contributed by atoms with Gasteiger partial charge in [-0.3, -0.25) is 0 Å². The SMILES string of the molecule is CC(C)c1nnc[pH]1. The fraction of sp³-hybridized carbons (Fsp3) is 0.600. The van der Waals surface area contributed by atoms with Gasteiger partial charge in [-0.15, -0.1) is 0 Å². The Morgan fingerprint density at radius 1 is 1.62 bits per heavy atom. The van der Waals surface area contributed by atoms with Crippen molar-refractivity contribution in [3.63, 3.8) is 0 Å². The average Bonchev–Trinajstić information content (AvgIpc) is 2.12. The van der Waals surface area contributed by atoms with Gasteiger partial charge in [0.15, 0.2) is 0 Å². The molecule has 3 heteroatoms. The molecule has 0 aliphatic heterocycles. The first kappa shape index (κ1) is 5.77. The van der Waals surface area contributed by atoms with Crippen LogP contribution in [0.2, 0.25) is 0 Å². The third-order valence-electron chi connectivity index (χ3n) is 0.983. The Hall–Kier alpha value is -0.360. The smallest absolute Gasteiger partial charge is 0.0828 e. The molecule has 8 heavy (non-hydrogen) atoms. The fourth-order valence-corrected chi connectivity index (χ4v) is 1.19. The maximum absolute atomic E-state index is 3.93. The van der Waals surface area contributed by atoms with E-state index in [-0.39, 0.29) is 0 Å². The second kappa shape index (κ2) is 2.27. The van der Waals surface area contributed by atoms with Crippen LogP contribution in [0.3, 0.4) is 0 Å². The predicted molar refractivity (Wildman–Crippen MR) is 35.6 cm³/mol. The lowest BCUT2D eigenvalue weighted by molar-refractivity contribution is 0.825. The molecule has 0 amide bonds. The second-order valence-electron chi connectivity index (χ2n) is 2.03. The van der Waals surface area contributed by atoms with Crippen LogP contribution in [0.1, 0.15) is 25.2 Å². The van der Waals surface area contributed by atoms with Crippen molar-refractivity contribution < 1.29 is 0 Å². The highest BCUT2D eigenvalue weighted by Crippen LogP contribution is 2.18. The molecule has 0 saturated heterocycles. The standard InChI is InChI=1S/C5H9N2P/c1-4(2)5-7-6-3-8-5/h3-4,8H,1-2H3. The largest absolute Gasteiger partial charge is 0.154 e. The lowest BCUT2D eigenvalue weighted by atomic mass is 10.2. The quantitative estimate of drug-likeness (QED) is 0.574. The Balaban J connectivity index is 2.77. The van der Waals surface area contributed by atoms with Crippen LogP contribution < -0.4 is 0 Å². The summed E-state index contributed by atoms with van der Waals surface area (Å²) in [6.07, 6.45) is 0. The molecule has 2 nitrogen and oxygen atoms in total. The van der Waals surface area contributed by atoms with Crippen molar-refractivity contribution in [2.24, 2.45) is 0 Å². The summed E-state index contributed by atoms with van der Waals surface area (Å²) in [5, 5.41) is 7.69. The summed E-state index contributed by atoms with van der Waals surface area (Å²) in [5.41, 5.74) is 1.23. The zero-order valence-corrected chi connectivity index (χ0v) is 6.05. The molecule has 1 unspecified atom stereocenters. The number of rotatable bonds is 1. The van der Waals surface area contributed by atoms with E-state index in [0.717, 1.165) is 8.19 Å². The molecule has 44 valence electrons. The van der Waals surface area contributed by atoms with Crippen LogP contribution in [0.4, 0.5) is 0 Å². The topological polar surface area (TPSA) is 25.8 Å². The van der Waals surface area contributed by atoms with Crippen LogP contribution in [-0.2, 0) is 0 Å². The van der Waals surface area contributed by atoms with Gasteiger partial charge in [0.25, 0.3) is 0 Å². The Morgan fingerprint density at radius 3 is 2.62 bits per heavy atom. The minimum Gasteiger partial charge on any atom is -0.154 e. The first-order valence-electron chi connectivity index (χ1n) is 2.66. The monoisotopic (exact) mass is 128 g/mol. The van der Waals surface area contributed by atoms with E-state index in [1.807, 2.05) is 5.93 Å². The van der Waals surface area contributed by atoms with Crippen LogP contribution in [-0.4, -0.2) is 10.2 Å². The molecule has 0 N–H and O–H groups in total. The molecule has 1 rings (SSSR count). The predicted octanol–water partition coefficient (Wildman–Crippen LogP) is 1.63. The normalized spacial score (nSPS) is 11.4. The number of nitrogens with zero attached hydrogens (tertiary/aromatic N) is 2. The zero-order valence-electron chi connectivity index (χ0n) is 5.05. The van der Waals surface area contributed by atoms with E-state index in [2.05, 4.69) is 24.0 Å². The van der Waals surface area contributed by atoms with Crippen molar-refractivity contribution in [2.75, 3.05) is 0 Å². The van der Waals surface area contributed by atoms with Gasteiger partial charge in [-0.25, -0.2) is 0 Å². The molecule has 1 heterocycles. The number of aromatic nitrogens is 2. The summed E-state index contributed by atoms with van der Waals surface area (Å²) in [6.45, 7) is 4.28. The summed E-state index contributed by atoms with van der Waals surface area (Å²) < 4.78 is 0. The van der Waals surface area contributed by atoms with Crippen molar-refractivity contribution in [3.8, 4) is 0 Å². The minimum absolute atomic E-state index is 0.579. The highest BCUT2D eigenvalue weighted by Gasteiger charge is 1.97. The Bertz CT molecular complexity index is 145. The molecule has 0 aliphatic carbocycles. The summed E-state index contributed by atoms with van der Waals surface area (Å²) in [6, 6.07) is 0. The lowest BCUT2D eigenvalue weighted by Gasteiger charge is -1.93. The van der Waals surface area contributed by atoms with Crippen molar-refractivity contribution in [1.82, 2.24) is 10.2 Å². The summed E-state index contributed by atoms with van der Waals surface area (Å²) in [7, 11) is 0.738. The molecular formula is C5H9N2P. The van der Waals surface area contributed by atoms with Gasteiger partial charge in [0.05, 0.1) is 11.4 Å². The van der Waals surface area contributed by atoms with E-state index >= 15 is 0 Å². The average molecular weight is 128 g/mol. The number of hydrogen-bond donors (Lipinski definition) is 0. The summed E-state index contributed by atoms with van der Waals surface area (Å²) >= 11 is 0. The first-order valence-corrected chi connectivity index (χ1v) is 3.74. The molecule has 0 fully saturated rings. The third-order valence-corrected chi connectivity index (χ3v) is 2.20. The van der Waals surface area contributed by atoms with Gasteiger partial charge in [0.1, 0.15) is 0 Å². The van der Waals surface area contributed by atoms with Gasteiger partial charge < -0.3 is 0 Å². The number of hydrogen-bond acceptors (Lipinski definition) is 2. The van der Waals surface area contributed by atoms with Crippen LogP contribution in [0.15, 0.2) is 5.93 Å². The van der Waals surface area contributed by atoms with Crippen molar-refractivity contribution in [2.45, 2.75) is 19.8 Å². The van der Waals surface area contributed by atoms with Gasteiger partial charge in [0, 0.05) is 5.92 Å². The molecule has 0 spiro atoms. The first-order chi connectivity index (χ1) is 3.80. The van der Waals surface area contributed by atoms with Crippen molar-refractivity contribution >= 4 is 8.19 Å². The van der Waals surface area contributed by atoms with E-state index in [9.17, 15) is 0 Å². The van der Waals surface area contributed by atoms with Crippen LogP contribution >= 0.6 is 8.19 Å². The van der Waals surface area contributed by atoms with E-state index in [0.29, 0.717) is 5.92 Å². The van der Waals surface area contributed by atoms with Gasteiger partial charge in [0.2, 0.25) is 0 Å². The maximum atomic E-state index is 3.93. The summed E-state index contributed by atoms with van der Waals surface area (Å²) in [4.78, 5) is 0. The van der Waals surface area contributed by atoms with Crippen molar-refractivity contribution in [3.05, 3.63) is 11.4 Å². The Morgan fingerprint density at radius 2 is 2.38 bits per heavy atom. The fourth-order valence-electron chi connectivity index (χ4n) is 0.497. The van der Waals surface area contributed by atoms with E-state index in [1.54, 1.807) is 0 Å². The lowest BCUT2D eigenvalue weighted by Crippen LogP contribution is -1.82. The maximum Gasteiger partial charge on any atom is 0.0828 e. The van der Waals surface area contributed by atoms with E-state index in [1.165, 1.54) is 5.43 Å². The van der Waals surface area contributed by atoms with Gasteiger partial charge in [-0.2, -0.15) is 10.2 Å². The van der Waals surface area contributed by atoms with E-state index < -0.39 is 0 Å². The van der Waals surface area contributed by atoms with E-state index in [4.69, 9.17) is 0 Å². The van der Waals surface area contributed by atoms with Gasteiger partial charge in [-0.1, -0.05) is 22.0 Å². The Kier molecular flexibility index (Phi) is 1.64. The molecule has 1 aromatic heterocycles. The minimum atomic E-state index is 0.579. The molecule has 1 aromatic rings. The van der Waals surface area contributed by atoms with Gasteiger partial charge >= 0.3 is 0 Å². The molecule has 0 radical (unpaired) electrons. The van der Waals surface area contributed by atoms with Gasteiger partial charge in [-0.05, 0) is 0 Å². The molecule has 0 aliphatic rings. The van der Waals surface area contributed by atoms with Crippen LogP contribution in [0, 0.1) is 0 Å².